The SMILES string of the molecule is COC(c1ccccc1)C(NN)C1=CCCCC1. The van der Waals surface area contributed by atoms with E-state index in [-0.39, 0.29) is 12.1 Å². The molecule has 3 heteroatoms. The lowest BCUT2D eigenvalue weighted by molar-refractivity contribution is 0.0772. The first-order valence-corrected chi connectivity index (χ1v) is 6.59. The highest BCUT2D eigenvalue weighted by Gasteiger charge is 2.25. The maximum atomic E-state index is 5.75. The lowest BCUT2D eigenvalue weighted by Gasteiger charge is -2.29. The van der Waals surface area contributed by atoms with Crippen LogP contribution in [0.5, 0.6) is 0 Å². The Morgan fingerprint density at radius 3 is 2.56 bits per heavy atom. The minimum atomic E-state index is -0.0273. The van der Waals surface area contributed by atoms with Crippen LogP contribution in [0.15, 0.2) is 42.0 Å². The van der Waals surface area contributed by atoms with E-state index in [1.54, 1.807) is 7.11 Å². The summed E-state index contributed by atoms with van der Waals surface area (Å²) in [7, 11) is 1.74. The topological polar surface area (TPSA) is 47.3 Å². The summed E-state index contributed by atoms with van der Waals surface area (Å²) in [5.74, 6) is 5.75. The van der Waals surface area contributed by atoms with Crippen molar-refractivity contribution in [2.45, 2.75) is 37.8 Å². The number of hydrogen-bond acceptors (Lipinski definition) is 3. The minimum Gasteiger partial charge on any atom is -0.375 e. The van der Waals surface area contributed by atoms with Gasteiger partial charge in [-0.05, 0) is 31.2 Å². The summed E-state index contributed by atoms with van der Waals surface area (Å²) in [5.41, 5.74) is 5.46. The molecule has 0 fully saturated rings. The van der Waals surface area contributed by atoms with Gasteiger partial charge in [-0.3, -0.25) is 11.3 Å². The van der Waals surface area contributed by atoms with E-state index in [0.717, 1.165) is 18.4 Å². The molecule has 0 radical (unpaired) electrons. The average molecular weight is 246 g/mol. The van der Waals surface area contributed by atoms with E-state index in [2.05, 4.69) is 23.6 Å². The number of nitrogens with two attached hydrogens (primary N) is 1. The van der Waals surface area contributed by atoms with E-state index in [0.29, 0.717) is 0 Å². The normalized spacial score (nSPS) is 19.1. The second-order valence-electron chi connectivity index (χ2n) is 4.74. The Balaban J connectivity index is 2.21. The van der Waals surface area contributed by atoms with Crippen molar-refractivity contribution in [2.24, 2.45) is 5.84 Å². The largest absolute Gasteiger partial charge is 0.375 e. The number of hydrazine groups is 1. The van der Waals surface area contributed by atoms with Gasteiger partial charge in [-0.1, -0.05) is 42.0 Å². The molecule has 1 aromatic rings. The molecule has 0 spiro atoms. The predicted molar refractivity (Wildman–Crippen MR) is 73.9 cm³/mol. The molecule has 0 amide bonds. The van der Waals surface area contributed by atoms with Gasteiger partial charge in [0.05, 0.1) is 6.04 Å². The summed E-state index contributed by atoms with van der Waals surface area (Å²) in [6.45, 7) is 0. The number of ether oxygens (including phenoxy) is 1. The van der Waals surface area contributed by atoms with Gasteiger partial charge >= 0.3 is 0 Å². The van der Waals surface area contributed by atoms with Crippen molar-refractivity contribution in [1.82, 2.24) is 5.43 Å². The lowest BCUT2D eigenvalue weighted by atomic mass is 9.89. The lowest BCUT2D eigenvalue weighted by Crippen LogP contribution is -2.42. The van der Waals surface area contributed by atoms with Crippen LogP contribution in [0.4, 0.5) is 0 Å². The number of nitrogens with one attached hydrogen (secondary N) is 1. The van der Waals surface area contributed by atoms with Crippen LogP contribution >= 0.6 is 0 Å². The first kappa shape index (κ1) is 13.3. The van der Waals surface area contributed by atoms with Crippen molar-refractivity contribution < 1.29 is 4.74 Å². The molecule has 2 atom stereocenters. The second kappa shape index (κ2) is 6.69. The molecule has 18 heavy (non-hydrogen) atoms. The molecule has 1 aliphatic rings. The van der Waals surface area contributed by atoms with E-state index in [4.69, 9.17) is 10.6 Å². The third kappa shape index (κ3) is 2.99. The van der Waals surface area contributed by atoms with Crippen LogP contribution in [0.25, 0.3) is 0 Å². The fourth-order valence-electron chi connectivity index (χ4n) is 2.64. The van der Waals surface area contributed by atoms with Gasteiger partial charge in [0, 0.05) is 7.11 Å². The Labute approximate surface area is 109 Å². The van der Waals surface area contributed by atoms with Crippen LogP contribution in [-0.2, 0) is 4.74 Å². The van der Waals surface area contributed by atoms with Gasteiger partial charge in [0.2, 0.25) is 0 Å². The van der Waals surface area contributed by atoms with E-state index < -0.39 is 0 Å². The van der Waals surface area contributed by atoms with Crippen LogP contribution in [0, 0.1) is 0 Å². The fourth-order valence-corrected chi connectivity index (χ4v) is 2.64. The summed E-state index contributed by atoms with van der Waals surface area (Å²) < 4.78 is 5.66. The molecule has 0 bridgehead atoms. The maximum Gasteiger partial charge on any atom is 0.102 e. The zero-order chi connectivity index (χ0) is 12.8. The smallest absolute Gasteiger partial charge is 0.102 e. The Morgan fingerprint density at radius 2 is 2.00 bits per heavy atom. The molecule has 1 aromatic carbocycles. The van der Waals surface area contributed by atoms with Crippen molar-refractivity contribution in [1.29, 1.82) is 0 Å². The standard InChI is InChI=1S/C15H22N2O/c1-18-15(13-10-6-3-7-11-13)14(17-16)12-8-4-2-5-9-12/h3,6-8,10-11,14-15,17H,2,4-5,9,16H2,1H3. The Hall–Kier alpha value is -1.16. The van der Waals surface area contributed by atoms with E-state index >= 15 is 0 Å². The molecule has 0 aliphatic heterocycles. The molecular weight excluding hydrogens is 224 g/mol. The molecule has 3 N–H and O–H groups in total. The zero-order valence-corrected chi connectivity index (χ0v) is 10.9. The van der Waals surface area contributed by atoms with Crippen molar-refractivity contribution in [2.75, 3.05) is 7.11 Å². The number of benzene rings is 1. The zero-order valence-electron chi connectivity index (χ0n) is 10.9. The summed E-state index contributed by atoms with van der Waals surface area (Å²) in [5, 5.41) is 0. The Kier molecular flexibility index (Phi) is 4.93. The predicted octanol–water partition coefficient (Wildman–Crippen LogP) is 2.71. The summed E-state index contributed by atoms with van der Waals surface area (Å²) in [6.07, 6.45) is 7.07. The van der Waals surface area contributed by atoms with Crippen molar-refractivity contribution in [3.8, 4) is 0 Å². The van der Waals surface area contributed by atoms with Gasteiger partial charge in [-0.25, -0.2) is 0 Å². The Bertz CT molecular complexity index is 389. The average Bonchev–Trinajstić information content (AvgIpc) is 2.46. The molecule has 0 saturated carbocycles. The molecular formula is C15H22N2O. The van der Waals surface area contributed by atoms with Crippen LogP contribution in [0.2, 0.25) is 0 Å². The molecule has 0 heterocycles. The van der Waals surface area contributed by atoms with Gasteiger partial charge in [-0.2, -0.15) is 0 Å². The van der Waals surface area contributed by atoms with Crippen molar-refractivity contribution >= 4 is 0 Å². The molecule has 2 rings (SSSR count). The molecule has 2 unspecified atom stereocenters. The third-order valence-corrected chi connectivity index (χ3v) is 3.59. The second-order valence-corrected chi connectivity index (χ2v) is 4.74. The monoisotopic (exact) mass is 246 g/mol. The first-order valence-electron chi connectivity index (χ1n) is 6.59. The summed E-state index contributed by atoms with van der Waals surface area (Å²) in [6, 6.07) is 10.3. The first-order chi connectivity index (χ1) is 8.86. The molecule has 98 valence electrons. The van der Waals surface area contributed by atoms with E-state index in [1.807, 2.05) is 18.2 Å². The Morgan fingerprint density at radius 1 is 1.22 bits per heavy atom. The van der Waals surface area contributed by atoms with Crippen LogP contribution in [-0.4, -0.2) is 13.2 Å². The molecule has 0 saturated heterocycles. The number of allylic oxidation sites excluding steroid dienone is 1. The van der Waals surface area contributed by atoms with Gasteiger partial charge in [0.25, 0.3) is 0 Å². The highest BCUT2D eigenvalue weighted by molar-refractivity contribution is 5.25. The highest BCUT2D eigenvalue weighted by atomic mass is 16.5. The van der Waals surface area contributed by atoms with Crippen molar-refractivity contribution in [3.05, 3.63) is 47.5 Å². The number of hydrogen-bond donors (Lipinski definition) is 2. The van der Waals surface area contributed by atoms with Gasteiger partial charge in [0.1, 0.15) is 6.10 Å². The van der Waals surface area contributed by atoms with Gasteiger partial charge in [0.15, 0.2) is 0 Å². The van der Waals surface area contributed by atoms with E-state index in [1.165, 1.54) is 18.4 Å². The molecule has 0 aromatic heterocycles. The highest BCUT2D eigenvalue weighted by Crippen LogP contribution is 2.29. The van der Waals surface area contributed by atoms with Crippen LogP contribution in [0.1, 0.15) is 37.4 Å². The summed E-state index contributed by atoms with van der Waals surface area (Å²) in [4.78, 5) is 0. The van der Waals surface area contributed by atoms with Crippen molar-refractivity contribution in [3.63, 3.8) is 0 Å². The van der Waals surface area contributed by atoms with E-state index in [9.17, 15) is 0 Å². The fraction of sp³-hybridized carbons (Fsp3) is 0.467. The van der Waals surface area contributed by atoms with Gasteiger partial charge in [-0.15, -0.1) is 0 Å². The minimum absolute atomic E-state index is 0.0273. The quantitative estimate of drug-likeness (QED) is 0.477. The third-order valence-electron chi connectivity index (χ3n) is 3.59. The number of methoxy groups -OCH3 is 1. The van der Waals surface area contributed by atoms with Crippen LogP contribution < -0.4 is 11.3 Å². The molecule has 1 aliphatic carbocycles. The molecule has 3 nitrogen and oxygen atoms in total. The maximum absolute atomic E-state index is 5.75. The van der Waals surface area contributed by atoms with Crippen LogP contribution in [0.3, 0.4) is 0 Å². The number of rotatable bonds is 5. The summed E-state index contributed by atoms with van der Waals surface area (Å²) >= 11 is 0. The van der Waals surface area contributed by atoms with Gasteiger partial charge < -0.3 is 4.74 Å².